The Morgan fingerprint density at radius 2 is 1.96 bits per heavy atom. The van der Waals surface area contributed by atoms with E-state index in [1.54, 1.807) is 0 Å². The van der Waals surface area contributed by atoms with Crippen LogP contribution in [-0.4, -0.2) is 35.3 Å². The van der Waals surface area contributed by atoms with E-state index in [1.165, 1.54) is 38.1 Å². The molecule has 1 aliphatic rings. The topological polar surface area (TPSA) is 134 Å². The third-order valence-electron chi connectivity index (χ3n) is 3.50. The molecule has 1 fully saturated rings. The lowest BCUT2D eigenvalue weighted by Gasteiger charge is -2.38. The van der Waals surface area contributed by atoms with E-state index in [9.17, 15) is 24.5 Å². The van der Waals surface area contributed by atoms with E-state index in [4.69, 9.17) is 14.2 Å². The Balaban J connectivity index is 1.82. The summed E-state index contributed by atoms with van der Waals surface area (Å²) < 4.78 is 14.8. The first-order valence-electron chi connectivity index (χ1n) is 7.32. The van der Waals surface area contributed by atoms with Crippen molar-refractivity contribution in [2.75, 3.05) is 0 Å². The van der Waals surface area contributed by atoms with Gasteiger partial charge in [0.15, 0.2) is 6.23 Å². The van der Waals surface area contributed by atoms with E-state index in [0.29, 0.717) is 5.56 Å². The molecular formula is C15H16N2O8. The molecule has 0 radical (unpaired) electrons. The zero-order chi connectivity index (χ0) is 18.6. The zero-order valence-electron chi connectivity index (χ0n) is 13.5. The summed E-state index contributed by atoms with van der Waals surface area (Å²) in [6, 6.07) is 5.47. The Bertz CT molecular complexity index is 687. The van der Waals surface area contributed by atoms with Crippen molar-refractivity contribution in [3.8, 4) is 0 Å². The van der Waals surface area contributed by atoms with Crippen molar-refractivity contribution in [2.45, 2.75) is 32.8 Å². The molecule has 25 heavy (non-hydrogen) atoms. The number of ether oxygens (including phenoxy) is 3. The van der Waals surface area contributed by atoms with E-state index in [-0.39, 0.29) is 12.3 Å². The molecule has 0 bridgehead atoms. The van der Waals surface area contributed by atoms with Crippen molar-refractivity contribution in [3.63, 3.8) is 0 Å². The second kappa shape index (κ2) is 7.60. The maximum atomic E-state index is 11.7. The van der Waals surface area contributed by atoms with Crippen LogP contribution in [0, 0.1) is 16.0 Å². The van der Waals surface area contributed by atoms with Crippen LogP contribution in [0.15, 0.2) is 24.3 Å². The van der Waals surface area contributed by atoms with Gasteiger partial charge in [0.2, 0.25) is 5.91 Å². The average Bonchev–Trinajstić information content (AvgIpc) is 2.52. The average molecular weight is 352 g/mol. The quantitative estimate of drug-likeness (QED) is 0.350. The molecule has 1 amide bonds. The van der Waals surface area contributed by atoms with Crippen LogP contribution >= 0.6 is 0 Å². The van der Waals surface area contributed by atoms with Crippen LogP contribution in [0.3, 0.4) is 0 Å². The SMILES string of the molecule is CC(=O)O[C@@H]1NC(=O)[C@@H]1[C@@H](C)OC(=O)OCc1ccc([N+](=O)[O-])cc1. The number of nitrogens with zero attached hydrogens (tertiary/aromatic N) is 1. The fourth-order valence-corrected chi connectivity index (χ4v) is 2.22. The molecule has 0 spiro atoms. The smallest absolute Gasteiger partial charge is 0.441 e. The van der Waals surface area contributed by atoms with Crippen LogP contribution < -0.4 is 5.32 Å². The van der Waals surface area contributed by atoms with Gasteiger partial charge in [0.25, 0.3) is 5.69 Å². The summed E-state index contributed by atoms with van der Waals surface area (Å²) in [6.45, 7) is 2.53. The number of nitro groups is 1. The normalized spacial score (nSPS) is 19.8. The summed E-state index contributed by atoms with van der Waals surface area (Å²) in [5.74, 6) is -1.78. The molecule has 0 unspecified atom stereocenters. The fraction of sp³-hybridized carbons (Fsp3) is 0.400. The molecule has 0 saturated carbocycles. The predicted octanol–water partition coefficient (Wildman–Crippen LogP) is 1.27. The van der Waals surface area contributed by atoms with Gasteiger partial charge in [-0.05, 0) is 24.6 Å². The van der Waals surface area contributed by atoms with Crippen molar-refractivity contribution in [1.29, 1.82) is 0 Å². The molecule has 3 atom stereocenters. The summed E-state index contributed by atoms with van der Waals surface area (Å²) in [5.41, 5.74) is 0.460. The van der Waals surface area contributed by atoms with Gasteiger partial charge in [-0.3, -0.25) is 19.7 Å². The largest absolute Gasteiger partial charge is 0.508 e. The Labute approximate surface area is 142 Å². The monoisotopic (exact) mass is 352 g/mol. The molecule has 10 nitrogen and oxygen atoms in total. The highest BCUT2D eigenvalue weighted by Gasteiger charge is 2.47. The van der Waals surface area contributed by atoms with Crippen LogP contribution in [0.1, 0.15) is 19.4 Å². The molecule has 134 valence electrons. The number of rotatable bonds is 6. The lowest BCUT2D eigenvalue weighted by Crippen LogP contribution is -2.63. The Kier molecular flexibility index (Phi) is 5.52. The minimum absolute atomic E-state index is 0.0764. The number of β-lactam (4-membered cyclic amide) rings is 1. The van der Waals surface area contributed by atoms with Crippen molar-refractivity contribution in [1.82, 2.24) is 5.32 Å². The Morgan fingerprint density at radius 1 is 1.32 bits per heavy atom. The van der Waals surface area contributed by atoms with E-state index < -0.39 is 41.2 Å². The van der Waals surface area contributed by atoms with E-state index >= 15 is 0 Å². The third-order valence-corrected chi connectivity index (χ3v) is 3.50. The van der Waals surface area contributed by atoms with Gasteiger partial charge < -0.3 is 19.5 Å². The highest BCUT2D eigenvalue weighted by atomic mass is 16.7. The highest BCUT2D eigenvalue weighted by Crippen LogP contribution is 2.23. The van der Waals surface area contributed by atoms with Gasteiger partial charge in [-0.25, -0.2) is 4.79 Å². The highest BCUT2D eigenvalue weighted by molar-refractivity contribution is 5.87. The van der Waals surface area contributed by atoms with Crippen molar-refractivity contribution in [2.24, 2.45) is 5.92 Å². The minimum Gasteiger partial charge on any atom is -0.441 e. The number of amides is 1. The number of hydrogen-bond donors (Lipinski definition) is 1. The maximum Gasteiger partial charge on any atom is 0.508 e. The van der Waals surface area contributed by atoms with Gasteiger partial charge >= 0.3 is 12.1 Å². The van der Waals surface area contributed by atoms with Gasteiger partial charge in [-0.15, -0.1) is 0 Å². The number of non-ortho nitro benzene ring substituents is 1. The fourth-order valence-electron chi connectivity index (χ4n) is 2.22. The number of esters is 1. The lowest BCUT2D eigenvalue weighted by molar-refractivity contribution is -0.384. The first-order chi connectivity index (χ1) is 11.8. The second-order valence-electron chi connectivity index (χ2n) is 5.35. The van der Waals surface area contributed by atoms with Gasteiger partial charge in [0.05, 0.1) is 4.92 Å². The standard InChI is InChI=1S/C15H16N2O8/c1-8(12-13(19)16-14(12)25-9(2)18)24-15(20)23-7-10-3-5-11(6-4-10)17(21)22/h3-6,8,12,14H,7H2,1-2H3,(H,16,19)/t8-,12+,14+/m1/s1. The summed E-state index contributed by atoms with van der Waals surface area (Å²) >= 11 is 0. The van der Waals surface area contributed by atoms with Gasteiger partial charge in [-0.1, -0.05) is 0 Å². The van der Waals surface area contributed by atoms with Gasteiger partial charge in [0.1, 0.15) is 18.6 Å². The number of carbonyl (C=O) groups excluding carboxylic acids is 3. The molecule has 1 heterocycles. The molecule has 2 rings (SSSR count). The molecular weight excluding hydrogens is 336 g/mol. The second-order valence-corrected chi connectivity index (χ2v) is 5.35. The van der Waals surface area contributed by atoms with Crippen LogP contribution in [0.4, 0.5) is 10.5 Å². The predicted molar refractivity (Wildman–Crippen MR) is 81.0 cm³/mol. The third kappa shape index (κ3) is 4.66. The van der Waals surface area contributed by atoms with Crippen molar-refractivity contribution < 1.29 is 33.5 Å². The Hall–Kier alpha value is -3.17. The number of carbonyl (C=O) groups is 3. The number of benzene rings is 1. The summed E-state index contributed by atoms with van der Waals surface area (Å²) in [5, 5.41) is 12.9. The molecule has 1 N–H and O–H groups in total. The lowest BCUT2D eigenvalue weighted by atomic mass is 9.93. The van der Waals surface area contributed by atoms with Crippen LogP contribution in [0.25, 0.3) is 0 Å². The molecule has 1 aliphatic heterocycles. The first-order valence-corrected chi connectivity index (χ1v) is 7.32. The van der Waals surface area contributed by atoms with Gasteiger partial charge in [-0.2, -0.15) is 0 Å². The van der Waals surface area contributed by atoms with E-state index in [0.717, 1.165) is 0 Å². The molecule has 1 aromatic carbocycles. The molecule has 1 saturated heterocycles. The summed E-state index contributed by atoms with van der Waals surface area (Å²) in [7, 11) is 0. The van der Waals surface area contributed by atoms with E-state index in [1.807, 2.05) is 0 Å². The first kappa shape index (κ1) is 18.2. The number of nitrogens with one attached hydrogen (secondary N) is 1. The van der Waals surface area contributed by atoms with Crippen LogP contribution in [0.5, 0.6) is 0 Å². The van der Waals surface area contributed by atoms with Crippen molar-refractivity contribution in [3.05, 3.63) is 39.9 Å². The van der Waals surface area contributed by atoms with Crippen molar-refractivity contribution >= 4 is 23.7 Å². The summed E-state index contributed by atoms with van der Waals surface area (Å²) in [4.78, 5) is 44.1. The van der Waals surface area contributed by atoms with E-state index in [2.05, 4.69) is 5.32 Å². The van der Waals surface area contributed by atoms with Crippen LogP contribution in [-0.2, 0) is 30.4 Å². The number of hydrogen-bond acceptors (Lipinski definition) is 8. The summed E-state index contributed by atoms with van der Waals surface area (Å²) in [6.07, 6.45) is -2.71. The number of nitro benzene ring substituents is 1. The maximum absolute atomic E-state index is 11.7. The Morgan fingerprint density at radius 3 is 2.48 bits per heavy atom. The van der Waals surface area contributed by atoms with Gasteiger partial charge in [0, 0.05) is 19.1 Å². The van der Waals surface area contributed by atoms with Crippen LogP contribution in [0.2, 0.25) is 0 Å². The molecule has 0 aliphatic carbocycles. The minimum atomic E-state index is -1.01. The molecule has 0 aromatic heterocycles. The molecule has 1 aromatic rings. The zero-order valence-corrected chi connectivity index (χ0v) is 13.5. The molecule has 10 heteroatoms.